The Balaban J connectivity index is 1.65. The van der Waals surface area contributed by atoms with E-state index in [1.807, 2.05) is 13.1 Å². The molecule has 4 nitrogen and oxygen atoms in total. The standard InChI is InChI=1S/C15H23N3O/c1-13-4-5-14(11-16-13)18-6-2-3-15(12-18)17-7-9-19-10-8-17/h4-5,11,15H,2-3,6-10,12H2,1H3/t15-/m1/s1. The van der Waals surface area contributed by atoms with Gasteiger partial charge < -0.3 is 9.64 Å². The highest BCUT2D eigenvalue weighted by atomic mass is 16.5. The SMILES string of the molecule is Cc1ccc(N2CCC[C@@H](N3CCOCC3)C2)cn1. The van der Waals surface area contributed by atoms with Gasteiger partial charge in [0.2, 0.25) is 0 Å². The molecule has 0 bridgehead atoms. The molecular weight excluding hydrogens is 238 g/mol. The average molecular weight is 261 g/mol. The van der Waals surface area contributed by atoms with Crippen molar-refractivity contribution in [3.05, 3.63) is 24.0 Å². The number of aromatic nitrogens is 1. The lowest BCUT2D eigenvalue weighted by molar-refractivity contribution is 0.0137. The van der Waals surface area contributed by atoms with Crippen LogP contribution in [0.3, 0.4) is 0 Å². The first-order chi connectivity index (χ1) is 9.33. The molecule has 2 saturated heterocycles. The monoisotopic (exact) mass is 261 g/mol. The molecule has 0 unspecified atom stereocenters. The predicted molar refractivity (Wildman–Crippen MR) is 76.6 cm³/mol. The molecule has 19 heavy (non-hydrogen) atoms. The molecule has 2 aliphatic heterocycles. The van der Waals surface area contributed by atoms with E-state index in [0.29, 0.717) is 6.04 Å². The summed E-state index contributed by atoms with van der Waals surface area (Å²) in [4.78, 5) is 9.49. The largest absolute Gasteiger partial charge is 0.379 e. The van der Waals surface area contributed by atoms with Crippen molar-refractivity contribution in [1.29, 1.82) is 0 Å². The molecule has 0 aliphatic carbocycles. The summed E-state index contributed by atoms with van der Waals surface area (Å²) >= 11 is 0. The van der Waals surface area contributed by atoms with Gasteiger partial charge >= 0.3 is 0 Å². The molecule has 0 radical (unpaired) electrons. The van der Waals surface area contributed by atoms with Gasteiger partial charge in [-0.25, -0.2) is 0 Å². The summed E-state index contributed by atoms with van der Waals surface area (Å²) < 4.78 is 5.45. The third kappa shape index (κ3) is 3.07. The van der Waals surface area contributed by atoms with Crippen molar-refractivity contribution in [2.45, 2.75) is 25.8 Å². The zero-order valence-corrected chi connectivity index (χ0v) is 11.7. The first-order valence-electron chi connectivity index (χ1n) is 7.32. The van der Waals surface area contributed by atoms with E-state index in [2.05, 4.69) is 26.9 Å². The molecule has 0 aromatic carbocycles. The molecule has 1 aromatic rings. The normalized spacial score (nSPS) is 25.5. The third-order valence-electron chi connectivity index (χ3n) is 4.22. The van der Waals surface area contributed by atoms with Crippen LogP contribution in [0.15, 0.2) is 18.3 Å². The van der Waals surface area contributed by atoms with Crippen LogP contribution in [0, 0.1) is 6.92 Å². The summed E-state index contributed by atoms with van der Waals surface area (Å²) in [5.74, 6) is 0. The molecule has 0 spiro atoms. The predicted octanol–water partition coefficient (Wildman–Crippen LogP) is 1.69. The van der Waals surface area contributed by atoms with E-state index in [4.69, 9.17) is 4.74 Å². The van der Waals surface area contributed by atoms with E-state index < -0.39 is 0 Å². The number of aryl methyl sites for hydroxylation is 1. The van der Waals surface area contributed by atoms with Crippen molar-refractivity contribution in [3.63, 3.8) is 0 Å². The minimum Gasteiger partial charge on any atom is -0.379 e. The lowest BCUT2D eigenvalue weighted by Crippen LogP contribution is -2.51. The highest BCUT2D eigenvalue weighted by molar-refractivity contribution is 5.45. The number of rotatable bonds is 2. The molecule has 0 amide bonds. The molecule has 3 rings (SSSR count). The Morgan fingerprint density at radius 3 is 2.79 bits per heavy atom. The number of ether oxygens (including phenoxy) is 1. The second kappa shape index (κ2) is 5.88. The number of hydrogen-bond acceptors (Lipinski definition) is 4. The van der Waals surface area contributed by atoms with Gasteiger partial charge in [0.15, 0.2) is 0 Å². The van der Waals surface area contributed by atoms with Gasteiger partial charge in [-0.3, -0.25) is 9.88 Å². The first-order valence-corrected chi connectivity index (χ1v) is 7.32. The summed E-state index contributed by atoms with van der Waals surface area (Å²) in [6, 6.07) is 4.98. The van der Waals surface area contributed by atoms with Gasteiger partial charge in [-0.15, -0.1) is 0 Å². The Hall–Kier alpha value is -1.13. The van der Waals surface area contributed by atoms with Gasteiger partial charge in [-0.05, 0) is 31.9 Å². The number of anilines is 1. The first kappa shape index (κ1) is 12.9. The van der Waals surface area contributed by atoms with Crippen LogP contribution >= 0.6 is 0 Å². The van der Waals surface area contributed by atoms with Crippen molar-refractivity contribution >= 4 is 5.69 Å². The van der Waals surface area contributed by atoms with Gasteiger partial charge in [-0.1, -0.05) is 0 Å². The molecule has 0 saturated carbocycles. The maximum Gasteiger partial charge on any atom is 0.0594 e. The smallest absolute Gasteiger partial charge is 0.0594 e. The van der Waals surface area contributed by atoms with E-state index in [1.54, 1.807) is 0 Å². The Morgan fingerprint density at radius 1 is 1.21 bits per heavy atom. The van der Waals surface area contributed by atoms with Crippen molar-refractivity contribution in [2.24, 2.45) is 0 Å². The van der Waals surface area contributed by atoms with Crippen LogP contribution in [0.4, 0.5) is 5.69 Å². The van der Waals surface area contributed by atoms with Crippen LogP contribution in [0.5, 0.6) is 0 Å². The fourth-order valence-electron chi connectivity index (χ4n) is 3.08. The summed E-state index contributed by atoms with van der Waals surface area (Å²) in [6.07, 6.45) is 4.60. The highest BCUT2D eigenvalue weighted by Gasteiger charge is 2.26. The van der Waals surface area contributed by atoms with Gasteiger partial charge in [-0.2, -0.15) is 0 Å². The zero-order chi connectivity index (χ0) is 13.1. The summed E-state index contributed by atoms with van der Waals surface area (Å²) in [5, 5.41) is 0. The average Bonchev–Trinajstić information content (AvgIpc) is 2.49. The van der Waals surface area contributed by atoms with E-state index in [9.17, 15) is 0 Å². The molecule has 0 N–H and O–H groups in total. The Labute approximate surface area is 115 Å². The number of piperidine rings is 1. The summed E-state index contributed by atoms with van der Waals surface area (Å²) in [6.45, 7) is 8.29. The van der Waals surface area contributed by atoms with Crippen molar-refractivity contribution in [2.75, 3.05) is 44.3 Å². The number of pyridine rings is 1. The highest BCUT2D eigenvalue weighted by Crippen LogP contribution is 2.22. The Morgan fingerprint density at radius 2 is 2.05 bits per heavy atom. The molecule has 1 atom stereocenters. The van der Waals surface area contributed by atoms with E-state index in [1.165, 1.54) is 18.5 Å². The lowest BCUT2D eigenvalue weighted by atomic mass is 10.0. The molecule has 4 heteroatoms. The number of nitrogens with zero attached hydrogens (tertiary/aromatic N) is 3. The summed E-state index contributed by atoms with van der Waals surface area (Å²) in [5.41, 5.74) is 2.36. The van der Waals surface area contributed by atoms with Crippen LogP contribution in [-0.4, -0.2) is 55.3 Å². The minimum absolute atomic E-state index is 0.680. The maximum atomic E-state index is 5.45. The van der Waals surface area contributed by atoms with Crippen LogP contribution in [0.2, 0.25) is 0 Å². The van der Waals surface area contributed by atoms with E-state index in [0.717, 1.165) is 45.1 Å². The van der Waals surface area contributed by atoms with Crippen LogP contribution in [-0.2, 0) is 4.74 Å². The molecule has 2 fully saturated rings. The van der Waals surface area contributed by atoms with E-state index in [-0.39, 0.29) is 0 Å². The number of morpholine rings is 1. The summed E-state index contributed by atoms with van der Waals surface area (Å²) in [7, 11) is 0. The van der Waals surface area contributed by atoms with Crippen molar-refractivity contribution in [3.8, 4) is 0 Å². The van der Waals surface area contributed by atoms with Crippen LogP contribution in [0.1, 0.15) is 18.5 Å². The fourth-order valence-corrected chi connectivity index (χ4v) is 3.08. The fraction of sp³-hybridized carbons (Fsp3) is 0.667. The maximum absolute atomic E-state index is 5.45. The number of hydrogen-bond donors (Lipinski definition) is 0. The molecular formula is C15H23N3O. The minimum atomic E-state index is 0.680. The van der Waals surface area contributed by atoms with Gasteiger partial charge in [0.05, 0.1) is 25.1 Å². The van der Waals surface area contributed by atoms with Gasteiger partial charge in [0, 0.05) is 37.9 Å². The third-order valence-corrected chi connectivity index (χ3v) is 4.22. The van der Waals surface area contributed by atoms with Crippen LogP contribution < -0.4 is 4.90 Å². The lowest BCUT2D eigenvalue weighted by Gasteiger charge is -2.41. The Bertz CT molecular complexity index is 400. The quantitative estimate of drug-likeness (QED) is 0.810. The van der Waals surface area contributed by atoms with E-state index >= 15 is 0 Å². The topological polar surface area (TPSA) is 28.6 Å². The second-order valence-electron chi connectivity index (χ2n) is 5.55. The Kier molecular flexibility index (Phi) is 3.99. The molecule has 104 valence electrons. The molecule has 3 heterocycles. The van der Waals surface area contributed by atoms with Gasteiger partial charge in [0.1, 0.15) is 0 Å². The van der Waals surface area contributed by atoms with Crippen molar-refractivity contribution < 1.29 is 4.74 Å². The zero-order valence-electron chi connectivity index (χ0n) is 11.7. The van der Waals surface area contributed by atoms with Crippen molar-refractivity contribution in [1.82, 2.24) is 9.88 Å². The van der Waals surface area contributed by atoms with Crippen LogP contribution in [0.25, 0.3) is 0 Å². The van der Waals surface area contributed by atoms with Gasteiger partial charge in [0.25, 0.3) is 0 Å². The molecule has 1 aromatic heterocycles. The molecule has 2 aliphatic rings. The second-order valence-corrected chi connectivity index (χ2v) is 5.55.